The largest absolute Gasteiger partial charge is 0.463 e. The van der Waals surface area contributed by atoms with Gasteiger partial charge in [-0.05, 0) is 0 Å². The van der Waals surface area contributed by atoms with Crippen LogP contribution in [0.1, 0.15) is 20.8 Å². The van der Waals surface area contributed by atoms with E-state index in [0.29, 0.717) is 0 Å². The fraction of sp³-hybridized carbons (Fsp3) is 0.769. The lowest BCUT2D eigenvalue weighted by Crippen LogP contribution is -2.25. The molecule has 0 unspecified atom stereocenters. The van der Waals surface area contributed by atoms with Crippen molar-refractivity contribution in [3.8, 4) is 0 Å². The van der Waals surface area contributed by atoms with Gasteiger partial charge in [-0.3, -0.25) is 14.4 Å². The Morgan fingerprint density at radius 3 is 1.08 bits per heavy atom. The highest BCUT2D eigenvalue weighted by molar-refractivity contribution is 5.66. The van der Waals surface area contributed by atoms with Crippen LogP contribution in [0.15, 0.2) is 0 Å². The van der Waals surface area contributed by atoms with Crippen LogP contribution in [0, 0.1) is 0 Å². The predicted octanol–water partition coefficient (Wildman–Crippen LogP) is -0.196. The fourth-order valence-electron chi connectivity index (χ4n) is 1.02. The van der Waals surface area contributed by atoms with Crippen molar-refractivity contribution in [3.63, 3.8) is 0 Å². The van der Waals surface area contributed by atoms with Crippen LogP contribution in [0.2, 0.25) is 0 Å². The Bertz CT molecular complexity index is 328. The van der Waals surface area contributed by atoms with E-state index >= 15 is 0 Å². The Labute approximate surface area is 143 Å². The molecule has 0 fully saturated rings. The summed E-state index contributed by atoms with van der Waals surface area (Å²) in [6.07, 6.45) is 0. The van der Waals surface area contributed by atoms with Crippen molar-refractivity contribution in [2.45, 2.75) is 27.2 Å². The minimum absolute atomic E-state index is 0.0529. The summed E-state index contributed by atoms with van der Waals surface area (Å²) in [7, 11) is 0. The SMILES string of the molecule is CC(=O)OCCOOC(OOCCOC(C)=O)OOCCOC(C)=O. The highest BCUT2D eigenvalue weighted by Gasteiger charge is 2.15. The van der Waals surface area contributed by atoms with Crippen molar-refractivity contribution in [2.75, 3.05) is 39.6 Å². The van der Waals surface area contributed by atoms with Crippen LogP contribution in [0.4, 0.5) is 0 Å². The zero-order valence-electron chi connectivity index (χ0n) is 14.2. The van der Waals surface area contributed by atoms with E-state index in [9.17, 15) is 14.4 Å². The first-order valence-electron chi connectivity index (χ1n) is 7.16. The predicted molar refractivity (Wildman–Crippen MR) is 74.8 cm³/mol. The summed E-state index contributed by atoms with van der Waals surface area (Å²) >= 11 is 0. The highest BCUT2D eigenvalue weighted by atomic mass is 17.4. The van der Waals surface area contributed by atoms with Gasteiger partial charge in [0, 0.05) is 20.8 Å². The molecule has 0 rings (SSSR count). The minimum Gasteiger partial charge on any atom is -0.463 e. The lowest BCUT2D eigenvalue weighted by atomic mass is 10.7. The summed E-state index contributed by atoms with van der Waals surface area (Å²) in [5.74, 6) is -1.43. The molecule has 0 aromatic carbocycles. The van der Waals surface area contributed by atoms with Gasteiger partial charge in [0.1, 0.15) is 39.6 Å². The van der Waals surface area contributed by atoms with Crippen LogP contribution < -0.4 is 0 Å². The molecule has 0 atom stereocenters. The van der Waals surface area contributed by atoms with Gasteiger partial charge < -0.3 is 14.2 Å². The average molecular weight is 370 g/mol. The molecule has 0 amide bonds. The van der Waals surface area contributed by atoms with Gasteiger partial charge in [-0.1, -0.05) is 0 Å². The van der Waals surface area contributed by atoms with Crippen molar-refractivity contribution in [1.29, 1.82) is 0 Å². The van der Waals surface area contributed by atoms with Crippen molar-refractivity contribution >= 4 is 17.9 Å². The van der Waals surface area contributed by atoms with E-state index in [1.54, 1.807) is 0 Å². The van der Waals surface area contributed by atoms with Crippen molar-refractivity contribution in [1.82, 2.24) is 0 Å². The summed E-state index contributed by atoms with van der Waals surface area (Å²) < 4.78 is 13.8. The third-order valence-corrected chi connectivity index (χ3v) is 1.86. The molecule has 0 N–H and O–H groups in total. The monoisotopic (exact) mass is 370 g/mol. The number of rotatable bonds is 15. The third-order valence-electron chi connectivity index (χ3n) is 1.86. The van der Waals surface area contributed by atoms with Gasteiger partial charge in [0.25, 0.3) is 0 Å². The van der Waals surface area contributed by atoms with Crippen LogP contribution >= 0.6 is 0 Å². The maximum absolute atomic E-state index is 10.6. The summed E-state index contributed by atoms with van der Waals surface area (Å²) in [6, 6.07) is 0. The van der Waals surface area contributed by atoms with Crippen LogP contribution in [0.25, 0.3) is 0 Å². The number of carbonyl (C=O) groups is 3. The molecular formula is C13H22O12. The molecule has 12 heteroatoms. The molecule has 25 heavy (non-hydrogen) atoms. The lowest BCUT2D eigenvalue weighted by Gasteiger charge is -2.15. The van der Waals surface area contributed by atoms with Gasteiger partial charge in [-0.2, -0.15) is 14.7 Å². The molecule has 0 aliphatic rings. The number of hydrogen-bond acceptors (Lipinski definition) is 12. The number of hydrogen-bond donors (Lipinski definition) is 0. The van der Waals surface area contributed by atoms with Crippen molar-refractivity contribution < 1.29 is 57.9 Å². The molecule has 0 radical (unpaired) electrons. The first-order valence-corrected chi connectivity index (χ1v) is 7.16. The van der Waals surface area contributed by atoms with Gasteiger partial charge in [-0.25, -0.2) is 14.7 Å². The average Bonchev–Trinajstić information content (AvgIpc) is 2.52. The Balaban J connectivity index is 3.92. The summed E-state index contributed by atoms with van der Waals surface area (Å²) in [4.78, 5) is 59.8. The van der Waals surface area contributed by atoms with Crippen molar-refractivity contribution in [3.05, 3.63) is 0 Å². The van der Waals surface area contributed by atoms with Gasteiger partial charge in [-0.15, -0.1) is 0 Å². The Kier molecular flexibility index (Phi) is 14.5. The molecule has 0 saturated heterocycles. The van der Waals surface area contributed by atoms with E-state index < -0.39 is 24.4 Å². The van der Waals surface area contributed by atoms with Gasteiger partial charge in [0.15, 0.2) is 0 Å². The quantitative estimate of drug-likeness (QED) is 0.0943. The van der Waals surface area contributed by atoms with E-state index in [1.807, 2.05) is 0 Å². The molecule has 0 aromatic rings. The second kappa shape index (κ2) is 15.7. The van der Waals surface area contributed by atoms with E-state index in [-0.39, 0.29) is 39.6 Å². The number of esters is 3. The summed E-state index contributed by atoms with van der Waals surface area (Å²) in [6.45, 7) is 1.68. The van der Waals surface area contributed by atoms with Crippen molar-refractivity contribution in [2.24, 2.45) is 0 Å². The van der Waals surface area contributed by atoms with E-state index in [4.69, 9.17) is 0 Å². The molecule has 0 aliphatic carbocycles. The fourth-order valence-corrected chi connectivity index (χ4v) is 1.02. The smallest absolute Gasteiger partial charge is 0.355 e. The standard InChI is InChI=1S/C13H22O12/c1-10(14)17-4-7-20-23-13(24-21-8-5-18-11(2)15)25-22-9-6-19-12(3)16/h13H,4-9H2,1-3H3. The van der Waals surface area contributed by atoms with Gasteiger partial charge in [0.2, 0.25) is 0 Å². The van der Waals surface area contributed by atoms with E-state index in [1.165, 1.54) is 20.8 Å². The molecule has 12 nitrogen and oxygen atoms in total. The first kappa shape index (κ1) is 23.2. The van der Waals surface area contributed by atoms with Gasteiger partial charge >= 0.3 is 24.4 Å². The zero-order chi connectivity index (χ0) is 18.9. The molecule has 0 bridgehead atoms. The normalized spacial score (nSPS) is 10.6. The Hall–Kier alpha value is -1.83. The third kappa shape index (κ3) is 18.4. The van der Waals surface area contributed by atoms with Crippen LogP contribution in [-0.2, 0) is 57.9 Å². The molecule has 0 aromatic heterocycles. The van der Waals surface area contributed by atoms with E-state index in [2.05, 4.69) is 43.5 Å². The maximum Gasteiger partial charge on any atom is 0.355 e. The molecule has 0 saturated carbocycles. The maximum atomic E-state index is 10.6. The number of ether oxygens (including phenoxy) is 3. The van der Waals surface area contributed by atoms with Crippen LogP contribution in [-0.4, -0.2) is 64.0 Å². The molecular weight excluding hydrogens is 348 g/mol. The highest BCUT2D eigenvalue weighted by Crippen LogP contribution is 2.01. The Morgan fingerprint density at radius 1 is 0.560 bits per heavy atom. The van der Waals surface area contributed by atoms with Gasteiger partial charge in [0.05, 0.1) is 0 Å². The lowest BCUT2D eigenvalue weighted by molar-refractivity contribution is -0.576. The second-order valence-corrected chi connectivity index (χ2v) is 4.06. The second-order valence-electron chi connectivity index (χ2n) is 4.06. The topological polar surface area (TPSA) is 134 Å². The number of carbonyl (C=O) groups excluding carboxylic acids is 3. The van der Waals surface area contributed by atoms with Crippen LogP contribution in [0.3, 0.4) is 0 Å². The molecule has 0 aliphatic heterocycles. The molecule has 0 spiro atoms. The minimum atomic E-state index is -1.56. The first-order chi connectivity index (χ1) is 11.9. The molecule has 0 heterocycles. The molecule has 146 valence electrons. The Morgan fingerprint density at radius 2 is 0.840 bits per heavy atom. The van der Waals surface area contributed by atoms with Crippen LogP contribution in [0.5, 0.6) is 0 Å². The zero-order valence-corrected chi connectivity index (χ0v) is 14.2. The van der Waals surface area contributed by atoms with E-state index in [0.717, 1.165) is 0 Å². The summed E-state index contributed by atoms with van der Waals surface area (Å²) in [5.41, 5.74) is 0. The summed E-state index contributed by atoms with van der Waals surface area (Å²) in [5, 5.41) is 0.